The smallest absolute Gasteiger partial charge is 0.0933 e. The second kappa shape index (κ2) is 6.33. The van der Waals surface area contributed by atoms with Gasteiger partial charge in [0.1, 0.15) is 0 Å². The molecule has 0 bridgehead atoms. The molecular formula is C14H28N2O2. The van der Waals surface area contributed by atoms with Gasteiger partial charge >= 0.3 is 0 Å². The average Bonchev–Trinajstić information content (AvgIpc) is 2.42. The van der Waals surface area contributed by atoms with Gasteiger partial charge in [0.2, 0.25) is 0 Å². The van der Waals surface area contributed by atoms with E-state index in [1.165, 1.54) is 32.1 Å². The Balaban J connectivity index is 1.96. The lowest BCUT2D eigenvalue weighted by atomic mass is 9.73. The fourth-order valence-corrected chi connectivity index (χ4v) is 3.37. The van der Waals surface area contributed by atoms with E-state index in [4.69, 9.17) is 10.5 Å². The van der Waals surface area contributed by atoms with Gasteiger partial charge in [0, 0.05) is 19.1 Å². The van der Waals surface area contributed by atoms with Gasteiger partial charge in [-0.15, -0.1) is 0 Å². The summed E-state index contributed by atoms with van der Waals surface area (Å²) in [6.45, 7) is 5.77. The number of hydrogen-bond acceptors (Lipinski definition) is 4. The minimum absolute atomic E-state index is 0.0142. The summed E-state index contributed by atoms with van der Waals surface area (Å²) in [6, 6.07) is 0.443. The number of hydrogen-bond donors (Lipinski definition) is 2. The molecule has 106 valence electrons. The van der Waals surface area contributed by atoms with Crippen molar-refractivity contribution < 1.29 is 9.84 Å². The van der Waals surface area contributed by atoms with E-state index >= 15 is 0 Å². The Morgan fingerprint density at radius 2 is 2.06 bits per heavy atom. The fourth-order valence-electron chi connectivity index (χ4n) is 3.37. The molecule has 2 atom stereocenters. The molecule has 1 heterocycles. The number of ether oxygens (including phenoxy) is 1. The van der Waals surface area contributed by atoms with E-state index < -0.39 is 0 Å². The Labute approximate surface area is 110 Å². The van der Waals surface area contributed by atoms with Crippen LogP contribution in [0.4, 0.5) is 0 Å². The van der Waals surface area contributed by atoms with Crippen LogP contribution in [-0.4, -0.2) is 55.0 Å². The minimum Gasteiger partial charge on any atom is -0.394 e. The molecule has 0 aromatic rings. The fraction of sp³-hybridized carbons (Fsp3) is 1.00. The lowest BCUT2D eigenvalue weighted by molar-refractivity contribution is -0.0900. The van der Waals surface area contributed by atoms with Gasteiger partial charge < -0.3 is 15.6 Å². The minimum atomic E-state index is -0.0142. The highest BCUT2D eigenvalue weighted by molar-refractivity contribution is 4.89. The summed E-state index contributed by atoms with van der Waals surface area (Å²) in [5.41, 5.74) is 6.37. The number of morpholine rings is 1. The molecule has 4 nitrogen and oxygen atoms in total. The summed E-state index contributed by atoms with van der Waals surface area (Å²) in [5.74, 6) is 0. The molecule has 0 aromatic carbocycles. The van der Waals surface area contributed by atoms with E-state index in [1.807, 2.05) is 0 Å². The number of nitrogens with two attached hydrogens (primary N) is 1. The molecule has 0 aromatic heterocycles. The van der Waals surface area contributed by atoms with Crippen LogP contribution in [0.25, 0.3) is 0 Å². The highest BCUT2D eigenvalue weighted by Gasteiger charge is 2.36. The van der Waals surface area contributed by atoms with Crippen molar-refractivity contribution in [3.63, 3.8) is 0 Å². The zero-order valence-electron chi connectivity index (χ0n) is 11.6. The van der Waals surface area contributed by atoms with Gasteiger partial charge in [-0.1, -0.05) is 19.3 Å². The van der Waals surface area contributed by atoms with E-state index in [1.54, 1.807) is 0 Å². The Morgan fingerprint density at radius 1 is 1.33 bits per heavy atom. The Morgan fingerprint density at radius 3 is 2.67 bits per heavy atom. The van der Waals surface area contributed by atoms with Crippen LogP contribution in [0.3, 0.4) is 0 Å². The SMILES string of the molecule is CC1COC(CO)CN1CC1(CN)CCCCC1. The molecule has 2 fully saturated rings. The van der Waals surface area contributed by atoms with E-state index in [2.05, 4.69) is 11.8 Å². The first kappa shape index (κ1) is 14.3. The quantitative estimate of drug-likeness (QED) is 0.787. The van der Waals surface area contributed by atoms with Crippen molar-refractivity contribution in [2.24, 2.45) is 11.1 Å². The van der Waals surface area contributed by atoms with Crippen molar-refractivity contribution in [3.8, 4) is 0 Å². The van der Waals surface area contributed by atoms with Crippen LogP contribution < -0.4 is 5.73 Å². The number of nitrogens with zero attached hydrogens (tertiary/aromatic N) is 1. The highest BCUT2D eigenvalue weighted by atomic mass is 16.5. The molecule has 0 radical (unpaired) electrons. The van der Waals surface area contributed by atoms with Gasteiger partial charge in [0.05, 0.1) is 19.3 Å². The molecule has 4 heteroatoms. The molecule has 1 aliphatic carbocycles. The first-order valence-electron chi connectivity index (χ1n) is 7.36. The lowest BCUT2D eigenvalue weighted by Gasteiger charge is -2.45. The van der Waals surface area contributed by atoms with Gasteiger partial charge in [-0.05, 0) is 31.7 Å². The number of aliphatic hydroxyl groups is 1. The van der Waals surface area contributed by atoms with E-state index in [0.717, 1.165) is 26.2 Å². The van der Waals surface area contributed by atoms with Crippen LogP contribution in [-0.2, 0) is 4.74 Å². The summed E-state index contributed by atoms with van der Waals surface area (Å²) < 4.78 is 5.60. The zero-order chi connectivity index (χ0) is 13.0. The van der Waals surface area contributed by atoms with E-state index in [9.17, 15) is 5.11 Å². The maximum absolute atomic E-state index is 9.25. The topological polar surface area (TPSA) is 58.7 Å². The third-order valence-corrected chi connectivity index (χ3v) is 4.72. The molecule has 1 saturated carbocycles. The predicted octanol–water partition coefficient (Wildman–Crippen LogP) is 0.977. The molecule has 1 aliphatic heterocycles. The monoisotopic (exact) mass is 256 g/mol. The molecule has 18 heavy (non-hydrogen) atoms. The molecular weight excluding hydrogens is 228 g/mol. The van der Waals surface area contributed by atoms with Crippen molar-refractivity contribution in [1.29, 1.82) is 0 Å². The van der Waals surface area contributed by atoms with Crippen molar-refractivity contribution in [1.82, 2.24) is 4.90 Å². The molecule has 2 unspecified atom stereocenters. The second-order valence-corrected chi connectivity index (χ2v) is 6.18. The van der Waals surface area contributed by atoms with Gasteiger partial charge in [0.25, 0.3) is 0 Å². The molecule has 2 rings (SSSR count). The average molecular weight is 256 g/mol. The summed E-state index contributed by atoms with van der Waals surface area (Å²) >= 11 is 0. The van der Waals surface area contributed by atoms with Crippen molar-refractivity contribution in [2.75, 3.05) is 32.8 Å². The number of rotatable bonds is 4. The summed E-state index contributed by atoms with van der Waals surface area (Å²) in [5, 5.41) is 9.25. The van der Waals surface area contributed by atoms with Gasteiger partial charge in [0.15, 0.2) is 0 Å². The van der Waals surface area contributed by atoms with Gasteiger partial charge in [-0.25, -0.2) is 0 Å². The standard InChI is InChI=1S/C14H28N2O2/c1-12-9-18-13(8-17)7-16(12)11-14(10-15)5-3-2-4-6-14/h12-13,17H,2-11,15H2,1H3. The van der Waals surface area contributed by atoms with Gasteiger partial charge in [-0.3, -0.25) is 4.90 Å². The Hall–Kier alpha value is -0.160. The third-order valence-electron chi connectivity index (χ3n) is 4.72. The summed E-state index contributed by atoms with van der Waals surface area (Å²) in [7, 11) is 0. The summed E-state index contributed by atoms with van der Waals surface area (Å²) in [4.78, 5) is 2.47. The normalized spacial score (nSPS) is 33.5. The molecule has 2 aliphatic rings. The van der Waals surface area contributed by atoms with Crippen molar-refractivity contribution in [3.05, 3.63) is 0 Å². The highest BCUT2D eigenvalue weighted by Crippen LogP contribution is 2.36. The van der Waals surface area contributed by atoms with Crippen LogP contribution in [0.1, 0.15) is 39.0 Å². The Kier molecular flexibility index (Phi) is 5.01. The van der Waals surface area contributed by atoms with Crippen LogP contribution in [0, 0.1) is 5.41 Å². The zero-order valence-corrected chi connectivity index (χ0v) is 11.6. The summed E-state index contributed by atoms with van der Waals surface area (Å²) in [6.07, 6.45) is 6.51. The molecule has 0 spiro atoms. The molecule has 1 saturated heterocycles. The first-order valence-corrected chi connectivity index (χ1v) is 7.36. The third kappa shape index (κ3) is 3.23. The predicted molar refractivity (Wildman–Crippen MR) is 72.4 cm³/mol. The lowest BCUT2D eigenvalue weighted by Crippen LogP contribution is -2.54. The first-order chi connectivity index (χ1) is 8.69. The van der Waals surface area contributed by atoms with Crippen LogP contribution in [0.5, 0.6) is 0 Å². The molecule has 3 N–H and O–H groups in total. The van der Waals surface area contributed by atoms with E-state index in [-0.39, 0.29) is 12.7 Å². The maximum Gasteiger partial charge on any atom is 0.0933 e. The Bertz CT molecular complexity index is 254. The van der Waals surface area contributed by atoms with Crippen LogP contribution in [0.15, 0.2) is 0 Å². The maximum atomic E-state index is 9.25. The van der Waals surface area contributed by atoms with Gasteiger partial charge in [-0.2, -0.15) is 0 Å². The van der Waals surface area contributed by atoms with Crippen molar-refractivity contribution in [2.45, 2.75) is 51.2 Å². The van der Waals surface area contributed by atoms with E-state index in [0.29, 0.717) is 11.5 Å². The van der Waals surface area contributed by atoms with Crippen LogP contribution >= 0.6 is 0 Å². The number of aliphatic hydroxyl groups excluding tert-OH is 1. The second-order valence-electron chi connectivity index (χ2n) is 6.18. The van der Waals surface area contributed by atoms with Crippen molar-refractivity contribution >= 4 is 0 Å². The van der Waals surface area contributed by atoms with Crippen LogP contribution in [0.2, 0.25) is 0 Å². The molecule has 0 amide bonds. The largest absolute Gasteiger partial charge is 0.394 e.